The predicted octanol–water partition coefficient (Wildman–Crippen LogP) is 4.49. The normalized spacial score (nSPS) is 16.4. The monoisotopic (exact) mass is 385 g/mol. The first-order valence-corrected chi connectivity index (χ1v) is 9.14. The van der Waals surface area contributed by atoms with Crippen molar-refractivity contribution in [1.82, 2.24) is 5.01 Å². The van der Waals surface area contributed by atoms with Gasteiger partial charge < -0.3 is 0 Å². The lowest BCUT2D eigenvalue weighted by molar-refractivity contribution is -0.385. The van der Waals surface area contributed by atoms with Gasteiger partial charge in [0.2, 0.25) is 5.91 Å². The van der Waals surface area contributed by atoms with Crippen molar-refractivity contribution < 1.29 is 9.72 Å². The largest absolute Gasteiger partial charge is 0.273 e. The molecule has 1 aliphatic rings. The van der Waals surface area contributed by atoms with Crippen LogP contribution in [0.2, 0.25) is 5.02 Å². The Morgan fingerprint density at radius 2 is 2.07 bits per heavy atom. The summed E-state index contributed by atoms with van der Waals surface area (Å²) in [5.41, 5.74) is 3.77. The molecule has 6 nitrogen and oxygen atoms in total. The predicted molar refractivity (Wildman–Crippen MR) is 105 cm³/mol. The Labute approximate surface area is 162 Å². The minimum atomic E-state index is -0.409. The van der Waals surface area contributed by atoms with Crippen molar-refractivity contribution in [1.29, 1.82) is 0 Å². The number of fused-ring (bicyclic) bond motifs is 1. The maximum atomic E-state index is 12.4. The molecule has 0 aromatic heterocycles. The fourth-order valence-corrected chi connectivity index (χ4v) is 3.47. The maximum Gasteiger partial charge on any atom is 0.272 e. The molecule has 1 aliphatic heterocycles. The molecule has 0 bridgehead atoms. The SMILES string of the molecule is CCC(=O)N1N=C(c2ccc([N+](=O)[O-])c(C)c2)c2cc(Cl)ccc2CC1C. The fourth-order valence-electron chi connectivity index (χ4n) is 3.30. The van der Waals surface area contributed by atoms with Gasteiger partial charge in [-0.15, -0.1) is 0 Å². The van der Waals surface area contributed by atoms with Crippen LogP contribution in [-0.4, -0.2) is 27.6 Å². The van der Waals surface area contributed by atoms with Gasteiger partial charge in [-0.05, 0) is 50.1 Å². The van der Waals surface area contributed by atoms with Crippen LogP contribution >= 0.6 is 11.6 Å². The van der Waals surface area contributed by atoms with E-state index in [1.54, 1.807) is 26.0 Å². The first-order chi connectivity index (χ1) is 12.8. The molecular formula is C20H20ClN3O3. The number of benzene rings is 2. The molecule has 140 valence electrons. The van der Waals surface area contributed by atoms with E-state index in [0.29, 0.717) is 34.7 Å². The van der Waals surface area contributed by atoms with Crippen LogP contribution in [-0.2, 0) is 11.2 Å². The summed E-state index contributed by atoms with van der Waals surface area (Å²) in [5, 5.41) is 17.9. The highest BCUT2D eigenvalue weighted by molar-refractivity contribution is 6.31. The third kappa shape index (κ3) is 3.71. The maximum absolute atomic E-state index is 12.4. The van der Waals surface area contributed by atoms with E-state index < -0.39 is 4.92 Å². The van der Waals surface area contributed by atoms with Crippen molar-refractivity contribution in [3.05, 3.63) is 73.8 Å². The second-order valence-corrected chi connectivity index (χ2v) is 7.09. The molecule has 0 N–H and O–H groups in total. The topological polar surface area (TPSA) is 75.8 Å². The van der Waals surface area contributed by atoms with Crippen LogP contribution in [0.25, 0.3) is 0 Å². The number of hydrazone groups is 1. The van der Waals surface area contributed by atoms with Crippen molar-refractivity contribution in [2.75, 3.05) is 0 Å². The van der Waals surface area contributed by atoms with Crippen LogP contribution in [0.3, 0.4) is 0 Å². The van der Waals surface area contributed by atoms with Crippen LogP contribution in [0.1, 0.15) is 42.5 Å². The molecular weight excluding hydrogens is 366 g/mol. The summed E-state index contributed by atoms with van der Waals surface area (Å²) < 4.78 is 0. The number of carbonyl (C=O) groups excluding carboxylic acids is 1. The van der Waals surface area contributed by atoms with Crippen molar-refractivity contribution in [3.63, 3.8) is 0 Å². The zero-order chi connectivity index (χ0) is 19.7. The average molecular weight is 386 g/mol. The van der Waals surface area contributed by atoms with E-state index in [1.807, 2.05) is 25.1 Å². The van der Waals surface area contributed by atoms with Gasteiger partial charge in [0.1, 0.15) is 0 Å². The van der Waals surface area contributed by atoms with Crippen LogP contribution in [0.4, 0.5) is 5.69 Å². The second-order valence-electron chi connectivity index (χ2n) is 6.65. The molecule has 0 aliphatic carbocycles. The Balaban J connectivity index is 2.22. The fraction of sp³-hybridized carbons (Fsp3) is 0.300. The van der Waals surface area contributed by atoms with Crippen LogP contribution in [0.5, 0.6) is 0 Å². The molecule has 2 aromatic rings. The molecule has 1 heterocycles. The highest BCUT2D eigenvalue weighted by Crippen LogP contribution is 2.28. The number of rotatable bonds is 3. The molecule has 1 unspecified atom stereocenters. The molecule has 3 rings (SSSR count). The second kappa shape index (κ2) is 7.48. The number of aryl methyl sites for hydroxylation is 1. The molecule has 0 radical (unpaired) electrons. The smallest absolute Gasteiger partial charge is 0.272 e. The number of nitrogens with zero attached hydrogens (tertiary/aromatic N) is 3. The minimum Gasteiger partial charge on any atom is -0.273 e. The number of amides is 1. The number of hydrogen-bond acceptors (Lipinski definition) is 4. The summed E-state index contributed by atoms with van der Waals surface area (Å²) in [5.74, 6) is -0.0717. The molecule has 0 spiro atoms. The van der Waals surface area contributed by atoms with E-state index in [1.165, 1.54) is 11.1 Å². The molecule has 1 atom stereocenters. The van der Waals surface area contributed by atoms with Gasteiger partial charge in [0, 0.05) is 34.2 Å². The van der Waals surface area contributed by atoms with Gasteiger partial charge in [0.25, 0.3) is 5.69 Å². The number of halogens is 1. The summed E-state index contributed by atoms with van der Waals surface area (Å²) in [7, 11) is 0. The van der Waals surface area contributed by atoms with Crippen molar-refractivity contribution in [2.24, 2.45) is 5.10 Å². The van der Waals surface area contributed by atoms with Crippen LogP contribution in [0.15, 0.2) is 41.5 Å². The lowest BCUT2D eigenvalue weighted by Crippen LogP contribution is -2.34. The molecule has 1 amide bonds. The van der Waals surface area contributed by atoms with Gasteiger partial charge in [0.05, 0.1) is 16.7 Å². The summed E-state index contributed by atoms with van der Waals surface area (Å²) in [6.45, 7) is 5.45. The summed E-state index contributed by atoms with van der Waals surface area (Å²) >= 11 is 6.22. The molecule has 0 saturated heterocycles. The van der Waals surface area contributed by atoms with Crippen molar-refractivity contribution >= 4 is 28.9 Å². The van der Waals surface area contributed by atoms with Crippen LogP contribution < -0.4 is 0 Å². The number of nitro benzene ring substituents is 1. The number of carbonyl (C=O) groups is 1. The van der Waals surface area contributed by atoms with E-state index in [2.05, 4.69) is 5.10 Å². The van der Waals surface area contributed by atoms with Crippen molar-refractivity contribution in [3.8, 4) is 0 Å². The summed E-state index contributed by atoms with van der Waals surface area (Å²) in [6.07, 6.45) is 0.995. The Kier molecular flexibility index (Phi) is 5.28. The Morgan fingerprint density at radius 1 is 1.33 bits per heavy atom. The van der Waals surface area contributed by atoms with E-state index in [9.17, 15) is 14.9 Å². The first kappa shape index (κ1) is 19.0. The van der Waals surface area contributed by atoms with Gasteiger partial charge >= 0.3 is 0 Å². The zero-order valence-electron chi connectivity index (χ0n) is 15.4. The standard InChI is InChI=1S/C20H20ClN3O3/c1-4-19(25)23-13(3)10-14-5-7-16(21)11-17(14)20(22-23)15-6-8-18(24(26)27)12(2)9-15/h5-9,11,13H,4,10H2,1-3H3. The molecule has 0 saturated carbocycles. The Morgan fingerprint density at radius 3 is 2.70 bits per heavy atom. The minimum absolute atomic E-state index is 0.0501. The van der Waals surface area contributed by atoms with Crippen molar-refractivity contribution in [2.45, 2.75) is 39.7 Å². The van der Waals surface area contributed by atoms with E-state index in [-0.39, 0.29) is 17.6 Å². The van der Waals surface area contributed by atoms with Crippen LogP contribution in [0, 0.1) is 17.0 Å². The van der Waals surface area contributed by atoms with Gasteiger partial charge in [-0.25, -0.2) is 5.01 Å². The highest BCUT2D eigenvalue weighted by Gasteiger charge is 2.27. The molecule has 0 fully saturated rings. The molecule has 2 aromatic carbocycles. The number of hydrogen-bond donors (Lipinski definition) is 0. The quantitative estimate of drug-likeness (QED) is 0.576. The number of nitro groups is 1. The average Bonchev–Trinajstić information content (AvgIpc) is 2.76. The summed E-state index contributed by atoms with van der Waals surface area (Å²) in [4.78, 5) is 23.2. The zero-order valence-corrected chi connectivity index (χ0v) is 16.2. The van der Waals surface area contributed by atoms with E-state index in [0.717, 1.165) is 11.1 Å². The van der Waals surface area contributed by atoms with E-state index >= 15 is 0 Å². The Bertz CT molecular complexity index is 955. The van der Waals surface area contributed by atoms with Gasteiger partial charge in [-0.1, -0.05) is 24.6 Å². The summed E-state index contributed by atoms with van der Waals surface area (Å²) in [6, 6.07) is 10.4. The first-order valence-electron chi connectivity index (χ1n) is 8.76. The Hall–Kier alpha value is -2.73. The van der Waals surface area contributed by atoms with Gasteiger partial charge in [0.15, 0.2) is 0 Å². The molecule has 7 heteroatoms. The lowest BCUT2D eigenvalue weighted by Gasteiger charge is -2.22. The third-order valence-electron chi connectivity index (χ3n) is 4.69. The molecule has 27 heavy (non-hydrogen) atoms. The van der Waals surface area contributed by atoms with Gasteiger partial charge in [-0.3, -0.25) is 14.9 Å². The van der Waals surface area contributed by atoms with Gasteiger partial charge in [-0.2, -0.15) is 5.10 Å². The highest BCUT2D eigenvalue weighted by atomic mass is 35.5. The third-order valence-corrected chi connectivity index (χ3v) is 4.93. The van der Waals surface area contributed by atoms with E-state index in [4.69, 9.17) is 11.6 Å². The lowest BCUT2D eigenvalue weighted by atomic mass is 9.94.